The molecule has 1 aliphatic heterocycles. The van der Waals surface area contributed by atoms with Crippen LogP contribution in [0.5, 0.6) is 0 Å². The quantitative estimate of drug-likeness (QED) is 0.311. The molecule has 25 heavy (non-hydrogen) atoms. The minimum absolute atomic E-state index is 0.0199. The van der Waals surface area contributed by atoms with E-state index in [4.69, 9.17) is 4.74 Å². The summed E-state index contributed by atoms with van der Waals surface area (Å²) in [6, 6.07) is 8.95. The fourth-order valence-electron chi connectivity index (χ4n) is 4.30. The zero-order chi connectivity index (χ0) is 17.8. The highest BCUT2D eigenvalue weighted by molar-refractivity contribution is 5.35. The summed E-state index contributed by atoms with van der Waals surface area (Å²) in [4.78, 5) is 0. The van der Waals surface area contributed by atoms with Gasteiger partial charge in [0.1, 0.15) is 0 Å². The van der Waals surface area contributed by atoms with Gasteiger partial charge in [-0.05, 0) is 24.0 Å². The summed E-state index contributed by atoms with van der Waals surface area (Å²) in [5.74, 6) is 0. The molecule has 0 amide bonds. The van der Waals surface area contributed by atoms with Crippen LogP contribution in [0, 0.1) is 0 Å². The first-order valence-corrected chi connectivity index (χ1v) is 11.0. The molecule has 0 aliphatic carbocycles. The molecule has 0 fully saturated rings. The van der Waals surface area contributed by atoms with Crippen molar-refractivity contribution in [3.8, 4) is 0 Å². The summed E-state index contributed by atoms with van der Waals surface area (Å²) in [7, 11) is 0. The molecule has 0 saturated heterocycles. The molecule has 1 heteroatoms. The lowest BCUT2D eigenvalue weighted by Crippen LogP contribution is -2.25. The molecule has 0 saturated carbocycles. The Bertz CT molecular complexity index is 449. The fraction of sp³-hybridized carbons (Fsp3) is 0.750. The average molecular weight is 345 g/mol. The van der Waals surface area contributed by atoms with Crippen molar-refractivity contribution < 1.29 is 4.74 Å². The van der Waals surface area contributed by atoms with Gasteiger partial charge in [0.05, 0.1) is 12.2 Å². The maximum absolute atomic E-state index is 6.47. The van der Waals surface area contributed by atoms with Gasteiger partial charge in [0.25, 0.3) is 0 Å². The summed E-state index contributed by atoms with van der Waals surface area (Å²) in [5, 5.41) is 0. The van der Waals surface area contributed by atoms with Crippen molar-refractivity contribution in [3.05, 3.63) is 35.4 Å². The van der Waals surface area contributed by atoms with Gasteiger partial charge in [-0.3, -0.25) is 0 Å². The monoisotopic (exact) mass is 344 g/mol. The largest absolute Gasteiger partial charge is 0.366 e. The Kier molecular flexibility index (Phi) is 9.61. The first kappa shape index (κ1) is 20.5. The molecular formula is C24H40O. The Hall–Kier alpha value is -0.820. The van der Waals surface area contributed by atoms with Crippen LogP contribution >= 0.6 is 0 Å². The lowest BCUT2D eigenvalue weighted by atomic mass is 9.83. The van der Waals surface area contributed by atoms with E-state index in [9.17, 15) is 0 Å². The van der Waals surface area contributed by atoms with E-state index in [0.29, 0.717) is 0 Å². The normalized spacial score (nSPS) is 15.4. The SMILES string of the molecule is CCCCCCCCC1(CCCCCCCC)OCc2ccccc21. The first-order valence-electron chi connectivity index (χ1n) is 11.0. The molecule has 142 valence electrons. The van der Waals surface area contributed by atoms with Crippen LogP contribution in [0.1, 0.15) is 115 Å². The van der Waals surface area contributed by atoms with Gasteiger partial charge < -0.3 is 4.74 Å². The Morgan fingerprint density at radius 1 is 0.720 bits per heavy atom. The molecule has 0 N–H and O–H groups in total. The van der Waals surface area contributed by atoms with E-state index < -0.39 is 0 Å². The van der Waals surface area contributed by atoms with Crippen LogP contribution in [-0.4, -0.2) is 0 Å². The van der Waals surface area contributed by atoms with Crippen molar-refractivity contribution in [1.82, 2.24) is 0 Å². The van der Waals surface area contributed by atoms with E-state index in [-0.39, 0.29) is 5.60 Å². The van der Waals surface area contributed by atoms with Crippen molar-refractivity contribution in [2.24, 2.45) is 0 Å². The highest BCUT2D eigenvalue weighted by Crippen LogP contribution is 2.44. The highest BCUT2D eigenvalue weighted by Gasteiger charge is 2.38. The molecule has 0 atom stereocenters. The lowest BCUT2D eigenvalue weighted by molar-refractivity contribution is -0.0541. The molecule has 1 aliphatic rings. The van der Waals surface area contributed by atoms with Crippen LogP contribution in [0.25, 0.3) is 0 Å². The molecule has 0 unspecified atom stereocenters. The second-order valence-corrected chi connectivity index (χ2v) is 7.98. The first-order chi connectivity index (χ1) is 12.3. The molecule has 1 nitrogen and oxygen atoms in total. The van der Waals surface area contributed by atoms with E-state index in [1.54, 1.807) is 0 Å². The summed E-state index contributed by atoms with van der Waals surface area (Å²) >= 11 is 0. The Labute approximate surface area is 156 Å². The Morgan fingerprint density at radius 3 is 1.84 bits per heavy atom. The molecule has 2 rings (SSSR count). The molecule has 0 bridgehead atoms. The molecule has 1 aromatic carbocycles. The molecule has 0 spiro atoms. The lowest BCUT2D eigenvalue weighted by Gasteiger charge is -2.30. The van der Waals surface area contributed by atoms with E-state index in [2.05, 4.69) is 38.1 Å². The van der Waals surface area contributed by atoms with Crippen LogP contribution in [0.4, 0.5) is 0 Å². The van der Waals surface area contributed by atoms with Gasteiger partial charge in [-0.2, -0.15) is 0 Å². The number of hydrogen-bond donors (Lipinski definition) is 0. The topological polar surface area (TPSA) is 9.23 Å². The van der Waals surface area contributed by atoms with E-state index in [0.717, 1.165) is 6.61 Å². The van der Waals surface area contributed by atoms with Crippen LogP contribution in [0.15, 0.2) is 24.3 Å². The van der Waals surface area contributed by atoms with Crippen molar-refractivity contribution in [3.63, 3.8) is 0 Å². The molecule has 1 aromatic rings. The van der Waals surface area contributed by atoms with Crippen LogP contribution in [-0.2, 0) is 16.9 Å². The van der Waals surface area contributed by atoms with Crippen molar-refractivity contribution in [1.29, 1.82) is 0 Å². The Morgan fingerprint density at radius 2 is 1.24 bits per heavy atom. The minimum Gasteiger partial charge on any atom is -0.366 e. The van der Waals surface area contributed by atoms with Crippen LogP contribution in [0.2, 0.25) is 0 Å². The smallest absolute Gasteiger partial charge is 0.0939 e. The fourth-order valence-corrected chi connectivity index (χ4v) is 4.30. The third-order valence-corrected chi connectivity index (χ3v) is 5.88. The summed E-state index contributed by atoms with van der Waals surface area (Å²) in [6.07, 6.45) is 18.8. The predicted octanol–water partition coefficient (Wildman–Crippen LogP) is 7.91. The van der Waals surface area contributed by atoms with Gasteiger partial charge in [-0.25, -0.2) is 0 Å². The maximum Gasteiger partial charge on any atom is 0.0939 e. The molecule has 0 radical (unpaired) electrons. The van der Waals surface area contributed by atoms with Gasteiger partial charge >= 0.3 is 0 Å². The second-order valence-electron chi connectivity index (χ2n) is 7.98. The minimum atomic E-state index is 0.0199. The molecule has 1 heterocycles. The zero-order valence-electron chi connectivity index (χ0n) is 16.8. The number of benzene rings is 1. The number of rotatable bonds is 14. The zero-order valence-corrected chi connectivity index (χ0v) is 16.8. The van der Waals surface area contributed by atoms with Crippen molar-refractivity contribution >= 4 is 0 Å². The van der Waals surface area contributed by atoms with Crippen LogP contribution in [0.3, 0.4) is 0 Å². The van der Waals surface area contributed by atoms with Crippen LogP contribution < -0.4 is 0 Å². The van der Waals surface area contributed by atoms with Gasteiger partial charge in [0, 0.05) is 0 Å². The van der Waals surface area contributed by atoms with Gasteiger partial charge in [0.2, 0.25) is 0 Å². The Balaban J connectivity index is 1.85. The standard InChI is InChI=1S/C24H40O/c1-3-5-7-9-11-15-19-24(20-16-12-10-8-6-4-2)23-18-14-13-17-22(23)21-25-24/h13-14,17-18H,3-12,15-16,19-21H2,1-2H3. The molecule has 0 aromatic heterocycles. The summed E-state index contributed by atoms with van der Waals surface area (Å²) in [6.45, 7) is 5.40. The van der Waals surface area contributed by atoms with E-state index in [1.807, 2.05) is 0 Å². The number of ether oxygens (including phenoxy) is 1. The average Bonchev–Trinajstić information content (AvgIpc) is 3.00. The van der Waals surface area contributed by atoms with E-state index >= 15 is 0 Å². The highest BCUT2D eigenvalue weighted by atomic mass is 16.5. The number of hydrogen-bond acceptors (Lipinski definition) is 1. The maximum atomic E-state index is 6.47. The third-order valence-electron chi connectivity index (χ3n) is 5.88. The number of fused-ring (bicyclic) bond motifs is 1. The number of unbranched alkanes of at least 4 members (excludes halogenated alkanes) is 10. The third kappa shape index (κ3) is 6.44. The summed E-state index contributed by atoms with van der Waals surface area (Å²) < 4.78 is 6.47. The van der Waals surface area contributed by atoms with Gasteiger partial charge in [-0.1, -0.05) is 115 Å². The van der Waals surface area contributed by atoms with Crippen molar-refractivity contribution in [2.45, 2.75) is 116 Å². The summed E-state index contributed by atoms with van der Waals surface area (Å²) in [5.41, 5.74) is 2.95. The van der Waals surface area contributed by atoms with E-state index in [1.165, 1.54) is 101 Å². The predicted molar refractivity (Wildman–Crippen MR) is 109 cm³/mol. The van der Waals surface area contributed by atoms with Gasteiger partial charge in [-0.15, -0.1) is 0 Å². The van der Waals surface area contributed by atoms with Crippen molar-refractivity contribution in [2.75, 3.05) is 0 Å². The molecular weight excluding hydrogens is 304 g/mol. The van der Waals surface area contributed by atoms with Gasteiger partial charge in [0.15, 0.2) is 0 Å². The second kappa shape index (κ2) is 11.7.